The van der Waals surface area contributed by atoms with E-state index in [2.05, 4.69) is 46.3 Å². The molecule has 1 unspecified atom stereocenters. The molecule has 0 amide bonds. The van der Waals surface area contributed by atoms with Crippen molar-refractivity contribution in [1.29, 1.82) is 0 Å². The molecule has 1 atom stereocenters. The van der Waals surface area contributed by atoms with Crippen LogP contribution in [0, 0.1) is 5.92 Å². The van der Waals surface area contributed by atoms with E-state index in [1.54, 1.807) is 7.11 Å². The van der Waals surface area contributed by atoms with Crippen LogP contribution in [0.15, 0.2) is 46.9 Å². The first-order valence-corrected chi connectivity index (χ1v) is 8.11. The number of rotatable bonds is 4. The summed E-state index contributed by atoms with van der Waals surface area (Å²) in [6.07, 6.45) is 3.03. The van der Waals surface area contributed by atoms with E-state index in [1.807, 2.05) is 12.1 Å². The summed E-state index contributed by atoms with van der Waals surface area (Å²) >= 11 is 3.53. The lowest BCUT2D eigenvalue weighted by atomic mass is 9.91. The van der Waals surface area contributed by atoms with Crippen LogP contribution >= 0.6 is 15.9 Å². The van der Waals surface area contributed by atoms with E-state index < -0.39 is 0 Å². The van der Waals surface area contributed by atoms with Crippen molar-refractivity contribution >= 4 is 15.9 Å². The molecule has 0 bridgehead atoms. The highest BCUT2D eigenvalue weighted by Gasteiger charge is 2.26. The number of ether oxygens (including phenoxy) is 1. The molecule has 0 heterocycles. The number of hydrogen-bond donors (Lipinski definition) is 1. The summed E-state index contributed by atoms with van der Waals surface area (Å²) in [6.45, 7) is 0. The normalized spacial score (nSPS) is 15.8. The average molecular weight is 346 g/mol. The molecular formula is C18H20BrNO. The lowest BCUT2D eigenvalue weighted by Crippen LogP contribution is -2.33. The summed E-state index contributed by atoms with van der Waals surface area (Å²) in [5, 5.41) is 0. The minimum absolute atomic E-state index is 0.153. The van der Waals surface area contributed by atoms with Crippen molar-refractivity contribution in [3.63, 3.8) is 0 Å². The van der Waals surface area contributed by atoms with Gasteiger partial charge in [-0.3, -0.25) is 0 Å². The van der Waals surface area contributed by atoms with Gasteiger partial charge < -0.3 is 10.5 Å². The summed E-state index contributed by atoms with van der Waals surface area (Å²) in [5.41, 5.74) is 10.6. The Labute approximate surface area is 134 Å². The molecule has 0 aliphatic heterocycles. The fraction of sp³-hybridized carbons (Fsp3) is 0.333. The van der Waals surface area contributed by atoms with Crippen LogP contribution in [0.5, 0.6) is 5.75 Å². The molecule has 0 fully saturated rings. The monoisotopic (exact) mass is 345 g/mol. The van der Waals surface area contributed by atoms with Crippen LogP contribution in [0.4, 0.5) is 0 Å². The van der Waals surface area contributed by atoms with Gasteiger partial charge in [0.1, 0.15) is 5.75 Å². The van der Waals surface area contributed by atoms with E-state index in [9.17, 15) is 0 Å². The Morgan fingerprint density at radius 1 is 1.19 bits per heavy atom. The second kappa shape index (κ2) is 6.20. The Kier molecular flexibility index (Phi) is 4.32. The fourth-order valence-corrected chi connectivity index (χ4v) is 3.63. The minimum Gasteiger partial charge on any atom is -0.496 e. The van der Waals surface area contributed by atoms with Crippen molar-refractivity contribution < 1.29 is 4.74 Å². The number of benzene rings is 2. The summed E-state index contributed by atoms with van der Waals surface area (Å²) in [7, 11) is 1.71. The fourth-order valence-electron chi connectivity index (χ4n) is 3.22. The molecule has 2 aromatic rings. The lowest BCUT2D eigenvalue weighted by molar-refractivity contribution is 0.396. The predicted octanol–water partition coefficient (Wildman–Crippen LogP) is 3.74. The molecule has 2 N–H and O–H groups in total. The van der Waals surface area contributed by atoms with Gasteiger partial charge in [-0.2, -0.15) is 0 Å². The molecule has 0 radical (unpaired) electrons. The van der Waals surface area contributed by atoms with Crippen LogP contribution in [0.2, 0.25) is 0 Å². The second-order valence-corrected chi connectivity index (χ2v) is 6.68. The van der Waals surface area contributed by atoms with Crippen molar-refractivity contribution in [2.45, 2.75) is 25.3 Å². The molecule has 21 heavy (non-hydrogen) atoms. The number of fused-ring (bicyclic) bond motifs is 1. The molecule has 0 saturated heterocycles. The molecule has 2 aromatic carbocycles. The van der Waals surface area contributed by atoms with Crippen LogP contribution < -0.4 is 10.5 Å². The van der Waals surface area contributed by atoms with Crippen LogP contribution in [0.3, 0.4) is 0 Å². The highest BCUT2D eigenvalue weighted by atomic mass is 79.9. The Hall–Kier alpha value is -1.32. The van der Waals surface area contributed by atoms with Gasteiger partial charge in [-0.05, 0) is 60.1 Å². The maximum Gasteiger partial charge on any atom is 0.122 e. The minimum atomic E-state index is 0.153. The smallest absolute Gasteiger partial charge is 0.122 e. The number of methoxy groups -OCH3 is 1. The Bertz CT molecular complexity index is 616. The predicted molar refractivity (Wildman–Crippen MR) is 89.7 cm³/mol. The van der Waals surface area contributed by atoms with Crippen LogP contribution in [-0.2, 0) is 19.3 Å². The van der Waals surface area contributed by atoms with E-state index in [0.717, 1.165) is 29.5 Å². The largest absolute Gasteiger partial charge is 0.496 e. The van der Waals surface area contributed by atoms with Crippen molar-refractivity contribution in [2.24, 2.45) is 11.7 Å². The third-order valence-electron chi connectivity index (χ3n) is 4.39. The zero-order valence-corrected chi connectivity index (χ0v) is 13.8. The highest BCUT2D eigenvalue weighted by Crippen LogP contribution is 2.31. The van der Waals surface area contributed by atoms with E-state index in [-0.39, 0.29) is 6.04 Å². The lowest BCUT2D eigenvalue weighted by Gasteiger charge is -2.20. The SMILES string of the molecule is COc1ccc(Br)cc1CC(N)C1Cc2ccccc2C1. The van der Waals surface area contributed by atoms with Gasteiger partial charge in [0.2, 0.25) is 0 Å². The summed E-state index contributed by atoms with van der Waals surface area (Å²) in [4.78, 5) is 0. The van der Waals surface area contributed by atoms with E-state index in [0.29, 0.717) is 5.92 Å². The molecule has 3 rings (SSSR count). The van der Waals surface area contributed by atoms with Crippen LogP contribution in [-0.4, -0.2) is 13.2 Å². The molecule has 0 aromatic heterocycles. The van der Waals surface area contributed by atoms with Crippen molar-refractivity contribution in [2.75, 3.05) is 7.11 Å². The van der Waals surface area contributed by atoms with E-state index in [4.69, 9.17) is 10.5 Å². The van der Waals surface area contributed by atoms with Gasteiger partial charge >= 0.3 is 0 Å². The van der Waals surface area contributed by atoms with Gasteiger partial charge in [-0.25, -0.2) is 0 Å². The first-order chi connectivity index (χ1) is 10.2. The summed E-state index contributed by atoms with van der Waals surface area (Å²) in [5.74, 6) is 1.44. The third-order valence-corrected chi connectivity index (χ3v) is 4.88. The van der Waals surface area contributed by atoms with Crippen molar-refractivity contribution in [1.82, 2.24) is 0 Å². The first-order valence-electron chi connectivity index (χ1n) is 7.32. The maximum absolute atomic E-state index is 6.49. The molecule has 2 nitrogen and oxygen atoms in total. The van der Waals surface area contributed by atoms with Crippen LogP contribution in [0.1, 0.15) is 16.7 Å². The Morgan fingerprint density at radius 3 is 2.48 bits per heavy atom. The third kappa shape index (κ3) is 3.14. The van der Waals surface area contributed by atoms with E-state index >= 15 is 0 Å². The number of nitrogens with two attached hydrogens (primary N) is 1. The molecule has 1 aliphatic rings. The first kappa shape index (κ1) is 14.6. The molecule has 0 saturated carbocycles. The van der Waals surface area contributed by atoms with Gasteiger partial charge in [-0.15, -0.1) is 0 Å². The zero-order chi connectivity index (χ0) is 14.8. The zero-order valence-electron chi connectivity index (χ0n) is 12.2. The molecular weight excluding hydrogens is 326 g/mol. The Balaban J connectivity index is 1.73. The summed E-state index contributed by atoms with van der Waals surface area (Å²) < 4.78 is 6.52. The second-order valence-electron chi connectivity index (χ2n) is 5.76. The van der Waals surface area contributed by atoms with Gasteiger partial charge in [0.15, 0.2) is 0 Å². The van der Waals surface area contributed by atoms with Crippen molar-refractivity contribution in [3.8, 4) is 5.75 Å². The molecule has 110 valence electrons. The highest BCUT2D eigenvalue weighted by molar-refractivity contribution is 9.10. The van der Waals surface area contributed by atoms with Crippen LogP contribution in [0.25, 0.3) is 0 Å². The van der Waals surface area contributed by atoms with Gasteiger partial charge in [-0.1, -0.05) is 40.2 Å². The topological polar surface area (TPSA) is 35.2 Å². The maximum atomic E-state index is 6.49. The summed E-state index contributed by atoms with van der Waals surface area (Å²) in [6, 6.07) is 14.9. The average Bonchev–Trinajstić information content (AvgIpc) is 2.91. The standard InChI is InChI=1S/C18H20BrNO/c1-21-18-7-6-16(19)10-15(18)11-17(20)14-8-12-4-2-3-5-13(12)9-14/h2-7,10,14,17H,8-9,11,20H2,1H3. The molecule has 0 spiro atoms. The van der Waals surface area contributed by atoms with Gasteiger partial charge in [0.25, 0.3) is 0 Å². The quantitative estimate of drug-likeness (QED) is 0.915. The van der Waals surface area contributed by atoms with E-state index in [1.165, 1.54) is 16.7 Å². The molecule has 3 heteroatoms. The Morgan fingerprint density at radius 2 is 1.86 bits per heavy atom. The number of halogens is 1. The number of hydrogen-bond acceptors (Lipinski definition) is 2. The van der Waals surface area contributed by atoms with Crippen molar-refractivity contribution in [3.05, 3.63) is 63.6 Å². The molecule has 1 aliphatic carbocycles. The van der Waals surface area contributed by atoms with Gasteiger partial charge in [0.05, 0.1) is 7.11 Å². The van der Waals surface area contributed by atoms with Gasteiger partial charge in [0, 0.05) is 10.5 Å².